The van der Waals surface area contributed by atoms with Crippen LogP contribution >= 0.6 is 11.3 Å². The summed E-state index contributed by atoms with van der Waals surface area (Å²) in [5, 5.41) is 14.8. The normalized spacial score (nSPS) is 10.5. The summed E-state index contributed by atoms with van der Waals surface area (Å²) in [5.74, 6) is -0.486. The molecule has 0 aliphatic carbocycles. The predicted molar refractivity (Wildman–Crippen MR) is 109 cm³/mol. The van der Waals surface area contributed by atoms with E-state index < -0.39 is 0 Å². The fourth-order valence-corrected chi connectivity index (χ4v) is 3.09. The van der Waals surface area contributed by atoms with Gasteiger partial charge in [0.25, 0.3) is 11.8 Å². The smallest absolute Gasteiger partial charge is 0.257 e. The van der Waals surface area contributed by atoms with Crippen molar-refractivity contribution < 1.29 is 14.3 Å². The van der Waals surface area contributed by atoms with Crippen molar-refractivity contribution in [1.82, 2.24) is 10.2 Å². The van der Waals surface area contributed by atoms with E-state index in [1.54, 1.807) is 48.5 Å². The van der Waals surface area contributed by atoms with Gasteiger partial charge in [-0.25, -0.2) is 0 Å². The van der Waals surface area contributed by atoms with Crippen molar-refractivity contribution in [2.75, 3.05) is 23.8 Å². The SMILES string of the molecule is CCOCCc1nnc(NC(=O)c2ccc(NC(=O)c3ccccc3)cc2)s1. The van der Waals surface area contributed by atoms with Gasteiger partial charge in [0, 0.05) is 29.8 Å². The molecule has 0 fully saturated rings. The zero-order chi connectivity index (χ0) is 19.8. The van der Waals surface area contributed by atoms with E-state index >= 15 is 0 Å². The summed E-state index contributed by atoms with van der Waals surface area (Å²) in [4.78, 5) is 24.5. The Morgan fingerprint density at radius 2 is 1.61 bits per heavy atom. The number of hydrogen-bond donors (Lipinski definition) is 2. The fraction of sp³-hybridized carbons (Fsp3) is 0.200. The lowest BCUT2D eigenvalue weighted by atomic mass is 10.1. The number of aromatic nitrogens is 2. The third kappa shape index (κ3) is 5.45. The Hall–Kier alpha value is -3.10. The number of carbonyl (C=O) groups excluding carboxylic acids is 2. The number of ether oxygens (including phenoxy) is 1. The van der Waals surface area contributed by atoms with E-state index in [1.165, 1.54) is 11.3 Å². The first-order valence-corrected chi connectivity index (χ1v) is 9.65. The summed E-state index contributed by atoms with van der Waals surface area (Å²) >= 11 is 1.32. The second kappa shape index (κ2) is 9.72. The van der Waals surface area contributed by atoms with Crippen LogP contribution in [0.3, 0.4) is 0 Å². The Kier molecular flexibility index (Phi) is 6.83. The Morgan fingerprint density at radius 3 is 2.32 bits per heavy atom. The van der Waals surface area contributed by atoms with E-state index in [9.17, 15) is 9.59 Å². The molecule has 0 aliphatic rings. The molecule has 3 rings (SSSR count). The summed E-state index contributed by atoms with van der Waals surface area (Å²) in [6.07, 6.45) is 0.664. The van der Waals surface area contributed by atoms with Crippen molar-refractivity contribution in [3.05, 3.63) is 70.7 Å². The number of hydrogen-bond acceptors (Lipinski definition) is 6. The molecule has 0 aliphatic heterocycles. The maximum absolute atomic E-state index is 12.4. The lowest BCUT2D eigenvalue weighted by Gasteiger charge is -2.06. The van der Waals surface area contributed by atoms with Gasteiger partial charge in [-0.1, -0.05) is 29.5 Å². The van der Waals surface area contributed by atoms with Crippen LogP contribution in [0.15, 0.2) is 54.6 Å². The molecule has 1 aromatic heterocycles. The molecular formula is C20H20N4O3S. The van der Waals surface area contributed by atoms with Gasteiger partial charge in [-0.2, -0.15) is 0 Å². The molecule has 0 spiro atoms. The first-order chi connectivity index (χ1) is 13.7. The van der Waals surface area contributed by atoms with Crippen LogP contribution in [-0.2, 0) is 11.2 Å². The van der Waals surface area contributed by atoms with Gasteiger partial charge in [0.1, 0.15) is 5.01 Å². The average molecular weight is 396 g/mol. The molecule has 0 atom stereocenters. The van der Waals surface area contributed by atoms with E-state index in [-0.39, 0.29) is 11.8 Å². The van der Waals surface area contributed by atoms with E-state index in [1.807, 2.05) is 13.0 Å². The topological polar surface area (TPSA) is 93.2 Å². The number of amides is 2. The first-order valence-electron chi connectivity index (χ1n) is 8.83. The van der Waals surface area contributed by atoms with Gasteiger partial charge < -0.3 is 10.1 Å². The molecule has 0 bridgehead atoms. The third-order valence-electron chi connectivity index (χ3n) is 3.79. The van der Waals surface area contributed by atoms with Crippen LogP contribution in [0.2, 0.25) is 0 Å². The maximum Gasteiger partial charge on any atom is 0.257 e. The van der Waals surface area contributed by atoms with E-state index in [0.717, 1.165) is 5.01 Å². The van der Waals surface area contributed by atoms with Gasteiger partial charge in [0.15, 0.2) is 0 Å². The highest BCUT2D eigenvalue weighted by atomic mass is 32.1. The third-order valence-corrected chi connectivity index (χ3v) is 4.69. The number of rotatable bonds is 8. The monoisotopic (exact) mass is 396 g/mol. The molecule has 0 saturated carbocycles. The Bertz CT molecular complexity index is 926. The van der Waals surface area contributed by atoms with Crippen LogP contribution in [0.25, 0.3) is 0 Å². The average Bonchev–Trinajstić information content (AvgIpc) is 3.16. The highest BCUT2D eigenvalue weighted by Crippen LogP contribution is 2.18. The standard InChI is InChI=1S/C20H20N4O3S/c1-2-27-13-12-17-23-24-20(28-17)22-19(26)15-8-10-16(11-9-15)21-18(25)14-6-4-3-5-7-14/h3-11H,2,12-13H2,1H3,(H,21,25)(H,22,24,26). The Morgan fingerprint density at radius 1 is 0.929 bits per heavy atom. The molecule has 2 N–H and O–H groups in total. The summed E-state index contributed by atoms with van der Waals surface area (Å²) < 4.78 is 5.29. The number of benzene rings is 2. The summed E-state index contributed by atoms with van der Waals surface area (Å²) in [6.45, 7) is 3.17. The fourth-order valence-electron chi connectivity index (χ4n) is 2.38. The largest absolute Gasteiger partial charge is 0.381 e. The predicted octanol–water partition coefficient (Wildman–Crippen LogP) is 3.62. The number of anilines is 2. The molecule has 0 unspecified atom stereocenters. The molecule has 2 amide bonds. The van der Waals surface area contributed by atoms with Crippen molar-refractivity contribution in [3.63, 3.8) is 0 Å². The van der Waals surface area contributed by atoms with E-state index in [2.05, 4.69) is 20.8 Å². The number of nitrogens with zero attached hydrogens (tertiary/aromatic N) is 2. The zero-order valence-electron chi connectivity index (χ0n) is 15.3. The highest BCUT2D eigenvalue weighted by molar-refractivity contribution is 7.15. The molecular weight excluding hydrogens is 376 g/mol. The number of nitrogens with one attached hydrogen (secondary N) is 2. The quantitative estimate of drug-likeness (QED) is 0.567. The summed E-state index contributed by atoms with van der Waals surface area (Å²) in [5.41, 5.74) is 1.64. The molecule has 144 valence electrons. The van der Waals surface area contributed by atoms with Crippen molar-refractivity contribution in [3.8, 4) is 0 Å². The minimum Gasteiger partial charge on any atom is -0.381 e. The van der Waals surface area contributed by atoms with Crippen molar-refractivity contribution in [1.29, 1.82) is 0 Å². The van der Waals surface area contributed by atoms with E-state index in [0.29, 0.717) is 41.6 Å². The van der Waals surface area contributed by atoms with Crippen LogP contribution in [0.4, 0.5) is 10.8 Å². The van der Waals surface area contributed by atoms with Crippen LogP contribution in [0.5, 0.6) is 0 Å². The first kappa shape index (κ1) is 19.7. The van der Waals surface area contributed by atoms with Crippen LogP contribution in [-0.4, -0.2) is 35.2 Å². The van der Waals surface area contributed by atoms with Gasteiger partial charge in [-0.15, -0.1) is 10.2 Å². The molecule has 28 heavy (non-hydrogen) atoms. The minimum atomic E-state index is -0.284. The molecule has 8 heteroatoms. The van der Waals surface area contributed by atoms with Gasteiger partial charge in [-0.3, -0.25) is 14.9 Å². The Balaban J connectivity index is 1.55. The minimum absolute atomic E-state index is 0.203. The van der Waals surface area contributed by atoms with E-state index in [4.69, 9.17) is 4.74 Å². The van der Waals surface area contributed by atoms with Gasteiger partial charge >= 0.3 is 0 Å². The molecule has 0 saturated heterocycles. The lowest BCUT2D eigenvalue weighted by molar-refractivity contribution is 0.102. The molecule has 2 aromatic carbocycles. The molecule has 0 radical (unpaired) electrons. The molecule has 7 nitrogen and oxygen atoms in total. The van der Waals surface area contributed by atoms with Crippen LogP contribution < -0.4 is 10.6 Å². The number of carbonyl (C=O) groups is 2. The summed E-state index contributed by atoms with van der Waals surface area (Å²) in [7, 11) is 0. The lowest BCUT2D eigenvalue weighted by Crippen LogP contribution is -2.13. The summed E-state index contributed by atoms with van der Waals surface area (Å²) in [6, 6.07) is 15.6. The molecule has 1 heterocycles. The van der Waals surface area contributed by atoms with Crippen LogP contribution in [0.1, 0.15) is 32.6 Å². The highest BCUT2D eigenvalue weighted by Gasteiger charge is 2.11. The van der Waals surface area contributed by atoms with Gasteiger partial charge in [0.05, 0.1) is 6.61 Å². The van der Waals surface area contributed by atoms with Gasteiger partial charge in [-0.05, 0) is 43.3 Å². The second-order valence-corrected chi connectivity index (χ2v) is 6.86. The van der Waals surface area contributed by atoms with Crippen molar-refractivity contribution >= 4 is 34.0 Å². The van der Waals surface area contributed by atoms with Crippen molar-refractivity contribution in [2.45, 2.75) is 13.3 Å². The second-order valence-electron chi connectivity index (χ2n) is 5.80. The zero-order valence-corrected chi connectivity index (χ0v) is 16.2. The maximum atomic E-state index is 12.4. The van der Waals surface area contributed by atoms with Crippen molar-refractivity contribution in [2.24, 2.45) is 0 Å². The van der Waals surface area contributed by atoms with Gasteiger partial charge in [0.2, 0.25) is 5.13 Å². The Labute approximate surface area is 166 Å². The van der Waals surface area contributed by atoms with Crippen LogP contribution in [0, 0.1) is 0 Å². The molecule has 3 aromatic rings.